The third kappa shape index (κ3) is 5.95. The Labute approximate surface area is 216 Å². The van der Waals surface area contributed by atoms with Gasteiger partial charge >= 0.3 is 0 Å². The van der Waals surface area contributed by atoms with Crippen LogP contribution in [-0.4, -0.2) is 57.8 Å². The molecule has 1 aromatic carbocycles. The Morgan fingerprint density at radius 2 is 2.00 bits per heavy atom. The second kappa shape index (κ2) is 12.0. The monoisotopic (exact) mass is 512 g/mol. The number of methoxy groups -OCH3 is 1. The zero-order valence-corrected chi connectivity index (χ0v) is 21.2. The van der Waals surface area contributed by atoms with E-state index in [0.717, 1.165) is 37.9 Å². The third-order valence-corrected chi connectivity index (χ3v) is 7.68. The lowest BCUT2D eigenvalue weighted by Crippen LogP contribution is -2.48. The fourth-order valence-corrected chi connectivity index (χ4v) is 5.44. The quantitative estimate of drug-likeness (QED) is 0.274. The van der Waals surface area contributed by atoms with Gasteiger partial charge in [0.2, 0.25) is 5.91 Å². The van der Waals surface area contributed by atoms with Crippen LogP contribution in [0.3, 0.4) is 0 Å². The number of hydroxylamine groups is 1. The van der Waals surface area contributed by atoms with Crippen LogP contribution in [0.15, 0.2) is 48.9 Å². The minimum absolute atomic E-state index is 0.325. The van der Waals surface area contributed by atoms with E-state index in [1.807, 2.05) is 48.2 Å². The van der Waals surface area contributed by atoms with E-state index < -0.39 is 17.4 Å². The number of benzene rings is 1. The Hall–Kier alpha value is -2.78. The molecule has 0 radical (unpaired) electrons. The summed E-state index contributed by atoms with van der Waals surface area (Å²) in [5.41, 5.74) is 3.68. The Balaban J connectivity index is 1.40. The highest BCUT2D eigenvalue weighted by Crippen LogP contribution is 2.41. The van der Waals surface area contributed by atoms with Gasteiger partial charge in [0.05, 0.1) is 29.2 Å². The van der Waals surface area contributed by atoms with Crippen molar-refractivity contribution >= 4 is 28.4 Å². The van der Waals surface area contributed by atoms with Crippen LogP contribution in [0.2, 0.25) is 5.02 Å². The molecule has 1 saturated heterocycles. The lowest BCUT2D eigenvalue weighted by Gasteiger charge is -2.40. The second-order valence-corrected chi connectivity index (χ2v) is 9.89. The molecule has 0 spiro atoms. The van der Waals surface area contributed by atoms with Crippen LogP contribution in [0, 0.1) is 5.41 Å². The largest absolute Gasteiger partial charge is 0.497 e. The number of carbonyl (C=O) groups is 1. The van der Waals surface area contributed by atoms with Crippen molar-refractivity contribution in [2.24, 2.45) is 5.41 Å². The molecule has 3 aromatic rings. The number of hydrogen-bond acceptors (Lipinski definition) is 7. The fourth-order valence-electron chi connectivity index (χ4n) is 5.16. The summed E-state index contributed by atoms with van der Waals surface area (Å²) >= 11 is 6.46. The fraction of sp³-hybridized carbons (Fsp3) is 0.444. The highest BCUT2D eigenvalue weighted by molar-refractivity contribution is 6.32. The number of aryl methyl sites for hydroxylation is 1. The normalized spacial score (nSPS) is 16.6. The molecule has 192 valence electrons. The molecule has 3 N–H and O–H groups in total. The number of nitrogens with one attached hydrogen (secondary N) is 1. The van der Waals surface area contributed by atoms with Crippen molar-refractivity contribution in [2.75, 3.05) is 26.7 Å². The van der Waals surface area contributed by atoms with Gasteiger partial charge in [-0.2, -0.15) is 0 Å². The Bertz CT molecular complexity index is 1170. The van der Waals surface area contributed by atoms with Crippen LogP contribution in [-0.2, 0) is 11.2 Å². The van der Waals surface area contributed by atoms with Crippen LogP contribution in [0.4, 0.5) is 0 Å². The van der Waals surface area contributed by atoms with Crippen LogP contribution in [0.25, 0.3) is 10.9 Å². The number of aliphatic hydroxyl groups excluding tert-OH is 1. The van der Waals surface area contributed by atoms with E-state index in [2.05, 4.69) is 14.9 Å². The Morgan fingerprint density at radius 1 is 1.25 bits per heavy atom. The number of pyridine rings is 2. The maximum atomic E-state index is 12.8. The van der Waals surface area contributed by atoms with Crippen molar-refractivity contribution in [3.63, 3.8) is 0 Å². The van der Waals surface area contributed by atoms with Crippen molar-refractivity contribution in [3.8, 4) is 5.75 Å². The molecule has 0 aliphatic carbocycles. The first-order chi connectivity index (χ1) is 17.5. The topological polar surface area (TPSA) is 108 Å². The second-order valence-electron chi connectivity index (χ2n) is 9.48. The summed E-state index contributed by atoms with van der Waals surface area (Å²) in [7, 11) is 1.58. The number of ether oxygens (including phenoxy) is 1. The molecule has 1 aliphatic heterocycles. The molecule has 1 atom stereocenters. The molecule has 0 saturated carbocycles. The van der Waals surface area contributed by atoms with E-state index in [4.69, 9.17) is 16.3 Å². The molecule has 3 heterocycles. The molecule has 0 unspecified atom stereocenters. The molecule has 4 rings (SSSR count). The summed E-state index contributed by atoms with van der Waals surface area (Å²) in [6.45, 7) is 2.47. The van der Waals surface area contributed by atoms with Gasteiger partial charge in [0.1, 0.15) is 5.75 Å². The number of amides is 1. The molecule has 8 nitrogen and oxygen atoms in total. The van der Waals surface area contributed by atoms with E-state index in [1.54, 1.807) is 7.11 Å². The summed E-state index contributed by atoms with van der Waals surface area (Å²) in [6.07, 6.45) is 8.25. The first-order valence-corrected chi connectivity index (χ1v) is 12.7. The number of hydrogen-bond donors (Lipinski definition) is 3. The van der Waals surface area contributed by atoms with Gasteiger partial charge in [0, 0.05) is 29.5 Å². The van der Waals surface area contributed by atoms with Gasteiger partial charge in [0.25, 0.3) is 0 Å². The van der Waals surface area contributed by atoms with Gasteiger partial charge in [0.15, 0.2) is 0 Å². The number of nitrogens with zero attached hydrogens (tertiary/aromatic N) is 3. The zero-order chi connectivity index (χ0) is 25.5. The lowest BCUT2D eigenvalue weighted by molar-refractivity contribution is -0.143. The Kier molecular flexibility index (Phi) is 8.74. The van der Waals surface area contributed by atoms with Crippen LogP contribution in [0.5, 0.6) is 5.75 Å². The van der Waals surface area contributed by atoms with E-state index in [0.29, 0.717) is 47.5 Å². The molecule has 9 heteroatoms. The van der Waals surface area contributed by atoms with E-state index in [1.165, 1.54) is 11.8 Å². The molecule has 2 aromatic heterocycles. The molecule has 1 aliphatic rings. The lowest BCUT2D eigenvalue weighted by atomic mass is 9.73. The minimum Gasteiger partial charge on any atom is -0.497 e. The average Bonchev–Trinajstić information content (AvgIpc) is 2.92. The van der Waals surface area contributed by atoms with Crippen molar-refractivity contribution in [2.45, 2.75) is 44.6 Å². The van der Waals surface area contributed by atoms with E-state index in [9.17, 15) is 15.1 Å². The van der Waals surface area contributed by atoms with E-state index in [-0.39, 0.29) is 0 Å². The molecular weight excluding hydrogens is 480 g/mol. The molecule has 36 heavy (non-hydrogen) atoms. The molecular formula is C27H33ClN4O4. The van der Waals surface area contributed by atoms with Gasteiger partial charge in [-0.3, -0.25) is 20.0 Å². The zero-order valence-electron chi connectivity index (χ0n) is 20.5. The SMILES string of the molecule is COc1ccc2ncc(Cl)c([C@H](O)CCC3(C(=O)NO)CCN(CCCc4ccncc4)CC3)c2c1. The van der Waals surface area contributed by atoms with Crippen molar-refractivity contribution in [1.82, 2.24) is 20.3 Å². The van der Waals surface area contributed by atoms with Gasteiger partial charge in [-0.1, -0.05) is 11.6 Å². The summed E-state index contributed by atoms with van der Waals surface area (Å²) in [5, 5.41) is 21.8. The van der Waals surface area contributed by atoms with Crippen LogP contribution >= 0.6 is 11.6 Å². The van der Waals surface area contributed by atoms with E-state index >= 15 is 0 Å². The number of piperidine rings is 1. The summed E-state index contributed by atoms with van der Waals surface area (Å²) in [6, 6.07) is 9.52. The summed E-state index contributed by atoms with van der Waals surface area (Å²) in [5.74, 6) is 0.255. The number of carbonyl (C=O) groups excluding carboxylic acids is 1. The maximum Gasteiger partial charge on any atom is 0.249 e. The van der Waals surface area contributed by atoms with Crippen molar-refractivity contribution in [1.29, 1.82) is 0 Å². The standard InChI is InChI=1S/C27H33ClN4O4/c1-36-20-4-5-23-21(17-20)25(22(28)18-30-23)24(33)6-9-27(26(34)31-35)10-15-32(16-11-27)14-2-3-19-7-12-29-13-8-19/h4-5,7-8,12-13,17-18,24,33,35H,2-3,6,9-11,14-16H2,1H3,(H,31,34)/t24-/m1/s1. The predicted molar refractivity (Wildman–Crippen MR) is 138 cm³/mol. The van der Waals surface area contributed by atoms with Gasteiger partial charge in [-0.05, 0) is 94.1 Å². The average molecular weight is 513 g/mol. The van der Waals surface area contributed by atoms with Gasteiger partial charge in [-0.15, -0.1) is 0 Å². The van der Waals surface area contributed by atoms with Crippen LogP contribution < -0.4 is 10.2 Å². The van der Waals surface area contributed by atoms with Crippen molar-refractivity contribution in [3.05, 3.63) is 65.1 Å². The number of fused-ring (bicyclic) bond motifs is 1. The Morgan fingerprint density at radius 3 is 2.69 bits per heavy atom. The minimum atomic E-state index is -0.892. The molecule has 1 amide bonds. The number of halogens is 1. The number of aliphatic hydroxyl groups is 1. The third-order valence-electron chi connectivity index (χ3n) is 7.38. The summed E-state index contributed by atoms with van der Waals surface area (Å²) < 4.78 is 5.34. The van der Waals surface area contributed by atoms with Crippen molar-refractivity contribution < 1.29 is 19.8 Å². The predicted octanol–water partition coefficient (Wildman–Crippen LogP) is 4.33. The molecule has 1 fully saturated rings. The number of likely N-dealkylation sites (tertiary alicyclic amines) is 1. The smallest absolute Gasteiger partial charge is 0.249 e. The van der Waals surface area contributed by atoms with Gasteiger partial charge < -0.3 is 14.7 Å². The van der Waals surface area contributed by atoms with Crippen LogP contribution in [0.1, 0.15) is 49.3 Å². The molecule has 0 bridgehead atoms. The van der Waals surface area contributed by atoms with Gasteiger partial charge in [-0.25, -0.2) is 5.48 Å². The highest BCUT2D eigenvalue weighted by Gasteiger charge is 2.41. The number of rotatable bonds is 10. The summed E-state index contributed by atoms with van der Waals surface area (Å²) in [4.78, 5) is 23.6. The first kappa shape index (κ1) is 26.3. The maximum absolute atomic E-state index is 12.8. The first-order valence-electron chi connectivity index (χ1n) is 12.3. The number of aromatic nitrogens is 2. The highest BCUT2D eigenvalue weighted by atomic mass is 35.5.